The van der Waals surface area contributed by atoms with Gasteiger partial charge in [0.1, 0.15) is 17.3 Å². The number of hydrogen-bond acceptors (Lipinski definition) is 4. The largest absolute Gasteiger partial charge is 0.490 e. The highest BCUT2D eigenvalue weighted by Gasteiger charge is 2.32. The molecule has 0 N–H and O–H groups in total. The van der Waals surface area contributed by atoms with Crippen LogP contribution in [-0.4, -0.2) is 28.6 Å². The highest BCUT2D eigenvalue weighted by Crippen LogP contribution is 2.36. The topological polar surface area (TPSA) is 41.9 Å². The van der Waals surface area contributed by atoms with E-state index in [4.69, 9.17) is 16.3 Å². The van der Waals surface area contributed by atoms with Crippen LogP contribution in [0.4, 0.5) is 10.1 Å². The van der Waals surface area contributed by atoms with Gasteiger partial charge in [-0.3, -0.25) is 9.69 Å². The summed E-state index contributed by atoms with van der Waals surface area (Å²) in [5, 5.41) is 0.989. The number of nitrogens with zero attached hydrogens (tertiary/aromatic N) is 2. The standard InChI is InChI=1S/C21H20ClFN2O2S/c1-4-25-20(26)19(28-21(25)24-17-8-6-5-7-16(17)23)12-14-11-15(22)9-10-18(14)27-13(2)3/h5-13H,4H2,1-3H3/b19-12+,24-21?. The molecule has 0 atom stereocenters. The number of carbonyl (C=O) groups is 1. The van der Waals surface area contributed by atoms with Crippen LogP contribution in [0.5, 0.6) is 5.75 Å². The zero-order chi connectivity index (χ0) is 20.3. The van der Waals surface area contributed by atoms with Crippen LogP contribution in [0.3, 0.4) is 0 Å². The van der Waals surface area contributed by atoms with Gasteiger partial charge in [0, 0.05) is 17.1 Å². The van der Waals surface area contributed by atoms with Crippen molar-refractivity contribution in [3.8, 4) is 5.75 Å². The molecule has 1 aliphatic heterocycles. The number of amides is 1. The number of rotatable bonds is 5. The van der Waals surface area contributed by atoms with Crippen molar-refractivity contribution in [3.63, 3.8) is 0 Å². The third-order valence-corrected chi connectivity index (χ3v) is 5.14. The van der Waals surface area contributed by atoms with Crippen LogP contribution in [0.15, 0.2) is 52.4 Å². The van der Waals surface area contributed by atoms with E-state index in [2.05, 4.69) is 4.99 Å². The molecule has 1 amide bonds. The molecule has 1 fully saturated rings. The third-order valence-electron chi connectivity index (χ3n) is 3.89. The number of carbonyl (C=O) groups excluding carboxylic acids is 1. The van der Waals surface area contributed by atoms with Gasteiger partial charge in [0.25, 0.3) is 5.91 Å². The summed E-state index contributed by atoms with van der Waals surface area (Å²) in [6.45, 7) is 6.14. The zero-order valence-corrected chi connectivity index (χ0v) is 17.4. The average Bonchev–Trinajstić information content (AvgIpc) is 2.93. The monoisotopic (exact) mass is 418 g/mol. The average molecular weight is 419 g/mol. The predicted octanol–water partition coefficient (Wildman–Crippen LogP) is 5.89. The second kappa shape index (κ2) is 8.80. The normalized spacial score (nSPS) is 17.2. The van der Waals surface area contributed by atoms with E-state index < -0.39 is 5.82 Å². The van der Waals surface area contributed by atoms with Crippen LogP contribution >= 0.6 is 23.4 Å². The second-order valence-corrected chi connectivity index (χ2v) is 7.80. The molecule has 0 spiro atoms. The molecule has 146 valence electrons. The minimum atomic E-state index is -0.431. The molecule has 2 aromatic rings. The second-order valence-electron chi connectivity index (χ2n) is 6.35. The molecule has 0 saturated carbocycles. The lowest BCUT2D eigenvalue weighted by Gasteiger charge is -2.13. The minimum absolute atomic E-state index is 0.0180. The highest BCUT2D eigenvalue weighted by atomic mass is 35.5. The van der Waals surface area contributed by atoms with Crippen LogP contribution in [0.25, 0.3) is 6.08 Å². The Morgan fingerprint density at radius 1 is 1.29 bits per heavy atom. The summed E-state index contributed by atoms with van der Waals surface area (Å²) in [4.78, 5) is 19.2. The molecule has 2 aromatic carbocycles. The molecule has 0 radical (unpaired) electrons. The van der Waals surface area contributed by atoms with Crippen molar-refractivity contribution in [2.45, 2.75) is 26.9 Å². The summed E-state index contributed by atoms with van der Waals surface area (Å²) in [6.07, 6.45) is 1.72. The van der Waals surface area contributed by atoms with Crippen LogP contribution in [0.2, 0.25) is 5.02 Å². The number of ether oxygens (including phenoxy) is 1. The number of benzene rings is 2. The zero-order valence-electron chi connectivity index (χ0n) is 15.8. The van der Waals surface area contributed by atoms with Crippen molar-refractivity contribution >= 4 is 46.2 Å². The molecule has 0 aliphatic carbocycles. The maximum absolute atomic E-state index is 14.0. The predicted molar refractivity (Wildman–Crippen MR) is 114 cm³/mol. The Hall–Kier alpha value is -2.31. The molecule has 3 rings (SSSR count). The van der Waals surface area contributed by atoms with Crippen molar-refractivity contribution < 1.29 is 13.9 Å². The molecule has 1 saturated heterocycles. The first-order chi connectivity index (χ1) is 13.4. The van der Waals surface area contributed by atoms with Crippen LogP contribution in [0, 0.1) is 5.82 Å². The van der Waals surface area contributed by atoms with Crippen molar-refractivity contribution in [1.29, 1.82) is 0 Å². The number of amidine groups is 1. The smallest absolute Gasteiger partial charge is 0.266 e. The molecule has 7 heteroatoms. The summed E-state index contributed by atoms with van der Waals surface area (Å²) in [7, 11) is 0. The molecule has 28 heavy (non-hydrogen) atoms. The molecule has 1 heterocycles. The maximum atomic E-state index is 14.0. The van der Waals surface area contributed by atoms with Gasteiger partial charge < -0.3 is 4.74 Å². The Labute approximate surface area is 173 Å². The lowest BCUT2D eigenvalue weighted by atomic mass is 10.1. The number of para-hydroxylation sites is 1. The summed E-state index contributed by atoms with van der Waals surface area (Å²) in [6, 6.07) is 11.5. The Morgan fingerprint density at radius 3 is 2.71 bits per heavy atom. The quantitative estimate of drug-likeness (QED) is 0.568. The minimum Gasteiger partial charge on any atom is -0.490 e. The van der Waals surface area contributed by atoms with Crippen LogP contribution in [0.1, 0.15) is 26.3 Å². The fraction of sp³-hybridized carbons (Fsp3) is 0.238. The first kappa shape index (κ1) is 20.4. The number of halogens is 2. The van der Waals surface area contributed by atoms with Gasteiger partial charge in [-0.1, -0.05) is 23.7 Å². The molecule has 1 aliphatic rings. The Bertz CT molecular complexity index is 959. The Morgan fingerprint density at radius 2 is 2.04 bits per heavy atom. The summed E-state index contributed by atoms with van der Waals surface area (Å²) in [5.41, 5.74) is 0.907. The van der Waals surface area contributed by atoms with Gasteiger partial charge in [0.05, 0.1) is 11.0 Å². The summed E-state index contributed by atoms with van der Waals surface area (Å²) >= 11 is 7.34. The van der Waals surface area contributed by atoms with E-state index in [0.717, 1.165) is 0 Å². The fourth-order valence-corrected chi connectivity index (χ4v) is 3.88. The van der Waals surface area contributed by atoms with Crippen molar-refractivity contribution in [1.82, 2.24) is 4.90 Å². The number of hydrogen-bond donors (Lipinski definition) is 0. The fourth-order valence-electron chi connectivity index (χ4n) is 2.65. The van der Waals surface area contributed by atoms with E-state index in [1.54, 1.807) is 42.5 Å². The van der Waals surface area contributed by atoms with E-state index in [1.165, 1.54) is 22.7 Å². The van der Waals surface area contributed by atoms with Gasteiger partial charge in [0.2, 0.25) is 0 Å². The van der Waals surface area contributed by atoms with Gasteiger partial charge in [-0.15, -0.1) is 0 Å². The maximum Gasteiger partial charge on any atom is 0.266 e. The molecular formula is C21H20ClFN2O2S. The highest BCUT2D eigenvalue weighted by molar-refractivity contribution is 8.18. The van der Waals surface area contributed by atoms with Gasteiger partial charge >= 0.3 is 0 Å². The SMILES string of the molecule is CCN1C(=O)/C(=C\c2cc(Cl)ccc2OC(C)C)SC1=Nc1ccccc1F. The summed E-state index contributed by atoms with van der Waals surface area (Å²) in [5.74, 6) is 0.0277. The first-order valence-corrected chi connectivity index (χ1v) is 10.1. The van der Waals surface area contributed by atoms with Crippen molar-refractivity contribution in [2.24, 2.45) is 4.99 Å². The Balaban J connectivity index is 1.99. The van der Waals surface area contributed by atoms with E-state index in [-0.39, 0.29) is 17.7 Å². The molecule has 0 bridgehead atoms. The van der Waals surface area contributed by atoms with Gasteiger partial charge in [-0.05, 0) is 68.9 Å². The van der Waals surface area contributed by atoms with E-state index in [1.807, 2.05) is 20.8 Å². The molecule has 0 unspecified atom stereocenters. The van der Waals surface area contributed by atoms with Crippen molar-refractivity contribution in [2.75, 3.05) is 6.54 Å². The van der Waals surface area contributed by atoms with Gasteiger partial charge in [0.15, 0.2) is 5.17 Å². The molecule has 4 nitrogen and oxygen atoms in total. The number of aliphatic imine (C=N–C) groups is 1. The van der Waals surface area contributed by atoms with Crippen molar-refractivity contribution in [3.05, 3.63) is 63.8 Å². The number of thioether (sulfide) groups is 1. The van der Waals surface area contributed by atoms with Crippen LogP contribution < -0.4 is 4.74 Å². The lowest BCUT2D eigenvalue weighted by Crippen LogP contribution is -2.28. The molecule has 0 aromatic heterocycles. The van der Waals surface area contributed by atoms with Crippen LogP contribution in [-0.2, 0) is 4.79 Å². The van der Waals surface area contributed by atoms with Gasteiger partial charge in [-0.25, -0.2) is 9.38 Å². The third kappa shape index (κ3) is 4.56. The summed E-state index contributed by atoms with van der Waals surface area (Å²) < 4.78 is 19.8. The van der Waals surface area contributed by atoms with E-state index >= 15 is 0 Å². The Kier molecular flexibility index (Phi) is 6.42. The van der Waals surface area contributed by atoms with Gasteiger partial charge in [-0.2, -0.15) is 0 Å². The lowest BCUT2D eigenvalue weighted by molar-refractivity contribution is -0.122. The van der Waals surface area contributed by atoms with E-state index in [0.29, 0.717) is 33.0 Å². The van der Waals surface area contributed by atoms with E-state index in [9.17, 15) is 9.18 Å². The number of likely N-dealkylation sites (N-methyl/N-ethyl adjacent to an activating group) is 1. The molecular weight excluding hydrogens is 399 g/mol. The first-order valence-electron chi connectivity index (χ1n) is 8.90.